The van der Waals surface area contributed by atoms with Gasteiger partial charge in [0.1, 0.15) is 5.75 Å². The first-order valence-electron chi connectivity index (χ1n) is 8.75. The van der Waals surface area contributed by atoms with Gasteiger partial charge in [-0.1, -0.05) is 18.2 Å². The minimum atomic E-state index is 0. The lowest BCUT2D eigenvalue weighted by molar-refractivity contribution is 0.128. The maximum Gasteiger partial charge on any atom is 0.193 e. The van der Waals surface area contributed by atoms with E-state index in [1.165, 1.54) is 12.8 Å². The Balaban J connectivity index is 0.00000312. The molecule has 0 atom stereocenters. The third kappa shape index (κ3) is 6.66. The van der Waals surface area contributed by atoms with Crippen molar-refractivity contribution in [1.82, 2.24) is 10.2 Å². The van der Waals surface area contributed by atoms with Crippen LogP contribution in [0.2, 0.25) is 0 Å². The van der Waals surface area contributed by atoms with Crippen LogP contribution in [0.3, 0.4) is 0 Å². The lowest BCUT2D eigenvalue weighted by atomic mass is 10.0. The maximum atomic E-state index is 5.51. The maximum absolute atomic E-state index is 5.51. The average Bonchev–Trinajstić information content (AvgIpc) is 3.36. The van der Waals surface area contributed by atoms with Crippen molar-refractivity contribution in [3.63, 3.8) is 0 Å². The van der Waals surface area contributed by atoms with Gasteiger partial charge in [0.25, 0.3) is 0 Å². The van der Waals surface area contributed by atoms with Crippen LogP contribution in [0.5, 0.6) is 5.75 Å². The van der Waals surface area contributed by atoms with Crippen molar-refractivity contribution in [3.05, 3.63) is 29.8 Å². The van der Waals surface area contributed by atoms with Crippen molar-refractivity contribution in [1.29, 1.82) is 0 Å². The smallest absolute Gasteiger partial charge is 0.193 e. The first-order valence-corrected chi connectivity index (χ1v) is 8.75. The number of nitrogens with one attached hydrogen (secondary N) is 1. The molecule has 1 N–H and O–H groups in total. The molecule has 1 aromatic carbocycles. The van der Waals surface area contributed by atoms with E-state index in [0.29, 0.717) is 5.41 Å². The molecule has 0 aromatic heterocycles. The fourth-order valence-electron chi connectivity index (χ4n) is 2.94. The van der Waals surface area contributed by atoms with Crippen LogP contribution in [-0.2, 0) is 11.3 Å². The highest BCUT2D eigenvalue weighted by atomic mass is 127. The molecular weight excluding hydrogens is 429 g/mol. The molecule has 142 valence electrons. The highest BCUT2D eigenvalue weighted by molar-refractivity contribution is 14.0. The predicted octanol–water partition coefficient (Wildman–Crippen LogP) is 3.53. The number of benzene rings is 1. The SMILES string of the molecule is CCOCCC1(CNC(=NC)N(C)Cc2ccccc2OC)CC1.I. The average molecular weight is 461 g/mol. The number of guanidine groups is 1. The first-order chi connectivity index (χ1) is 11.6. The number of hydrogen-bond donors (Lipinski definition) is 1. The lowest BCUT2D eigenvalue weighted by Crippen LogP contribution is -2.41. The summed E-state index contributed by atoms with van der Waals surface area (Å²) >= 11 is 0. The fourth-order valence-corrected chi connectivity index (χ4v) is 2.94. The van der Waals surface area contributed by atoms with Gasteiger partial charge in [-0.2, -0.15) is 0 Å². The molecule has 0 unspecified atom stereocenters. The van der Waals surface area contributed by atoms with Crippen molar-refractivity contribution in [2.45, 2.75) is 32.7 Å². The Labute approximate surface area is 169 Å². The van der Waals surface area contributed by atoms with E-state index >= 15 is 0 Å². The zero-order valence-electron chi connectivity index (χ0n) is 15.9. The molecule has 0 aliphatic heterocycles. The monoisotopic (exact) mass is 461 g/mol. The summed E-state index contributed by atoms with van der Waals surface area (Å²) in [5.74, 6) is 1.83. The highest BCUT2D eigenvalue weighted by Crippen LogP contribution is 2.48. The highest BCUT2D eigenvalue weighted by Gasteiger charge is 2.42. The second-order valence-corrected chi connectivity index (χ2v) is 6.52. The molecule has 1 aliphatic rings. The summed E-state index contributed by atoms with van der Waals surface area (Å²) in [7, 11) is 5.60. The first kappa shape index (κ1) is 22.0. The van der Waals surface area contributed by atoms with E-state index in [2.05, 4.69) is 28.3 Å². The van der Waals surface area contributed by atoms with E-state index in [0.717, 1.165) is 50.0 Å². The van der Waals surface area contributed by atoms with Gasteiger partial charge in [0.05, 0.1) is 7.11 Å². The van der Waals surface area contributed by atoms with E-state index in [4.69, 9.17) is 9.47 Å². The van der Waals surface area contributed by atoms with E-state index in [-0.39, 0.29) is 24.0 Å². The van der Waals surface area contributed by atoms with Crippen LogP contribution in [-0.4, -0.2) is 51.8 Å². The number of aliphatic imine (C=N–C) groups is 1. The minimum Gasteiger partial charge on any atom is -0.496 e. The molecule has 6 heteroatoms. The summed E-state index contributed by atoms with van der Waals surface area (Å²) in [5.41, 5.74) is 1.55. The summed E-state index contributed by atoms with van der Waals surface area (Å²) < 4.78 is 11.0. The second kappa shape index (κ2) is 10.9. The topological polar surface area (TPSA) is 46.1 Å². The number of rotatable bonds is 9. The quantitative estimate of drug-likeness (QED) is 0.265. The van der Waals surface area contributed by atoms with Gasteiger partial charge >= 0.3 is 0 Å². The van der Waals surface area contributed by atoms with Gasteiger partial charge in [-0.15, -0.1) is 24.0 Å². The Bertz CT molecular complexity index is 547. The van der Waals surface area contributed by atoms with Crippen LogP contribution in [0.1, 0.15) is 31.7 Å². The van der Waals surface area contributed by atoms with Crippen LogP contribution in [0, 0.1) is 5.41 Å². The lowest BCUT2D eigenvalue weighted by Gasteiger charge is -2.25. The largest absolute Gasteiger partial charge is 0.496 e. The van der Waals surface area contributed by atoms with Gasteiger partial charge in [-0.05, 0) is 37.7 Å². The second-order valence-electron chi connectivity index (χ2n) is 6.52. The van der Waals surface area contributed by atoms with E-state index in [9.17, 15) is 0 Å². The van der Waals surface area contributed by atoms with E-state index < -0.39 is 0 Å². The van der Waals surface area contributed by atoms with Gasteiger partial charge in [-0.25, -0.2) is 0 Å². The van der Waals surface area contributed by atoms with Crippen molar-refractivity contribution in [2.24, 2.45) is 10.4 Å². The standard InChI is InChI=1S/C19H31N3O2.HI/c1-5-24-13-12-19(10-11-19)15-21-18(20-2)22(3)14-16-8-6-7-9-17(16)23-4;/h6-9H,5,10-15H2,1-4H3,(H,20,21);1H. The molecule has 1 saturated carbocycles. The van der Waals surface area contributed by atoms with Crippen molar-refractivity contribution >= 4 is 29.9 Å². The van der Waals surface area contributed by atoms with Gasteiger partial charge < -0.3 is 19.7 Å². The van der Waals surface area contributed by atoms with Crippen LogP contribution < -0.4 is 10.1 Å². The van der Waals surface area contributed by atoms with Crippen molar-refractivity contribution < 1.29 is 9.47 Å². The molecule has 25 heavy (non-hydrogen) atoms. The summed E-state index contributed by atoms with van der Waals surface area (Å²) in [6, 6.07) is 8.11. The Morgan fingerprint density at radius 1 is 1.32 bits per heavy atom. The summed E-state index contributed by atoms with van der Waals surface area (Å²) in [5, 5.41) is 3.54. The fraction of sp³-hybridized carbons (Fsp3) is 0.632. The zero-order chi connectivity index (χ0) is 17.4. The number of methoxy groups -OCH3 is 1. The van der Waals surface area contributed by atoms with Gasteiger partial charge in [0.2, 0.25) is 0 Å². The number of halogens is 1. The van der Waals surface area contributed by atoms with Crippen LogP contribution >= 0.6 is 24.0 Å². The van der Waals surface area contributed by atoms with Crippen LogP contribution in [0.25, 0.3) is 0 Å². The Morgan fingerprint density at radius 3 is 2.64 bits per heavy atom. The van der Waals surface area contributed by atoms with Crippen molar-refractivity contribution in [2.75, 3.05) is 41.0 Å². The third-order valence-electron chi connectivity index (χ3n) is 4.73. The Hall–Kier alpha value is -1.02. The molecule has 0 amide bonds. The summed E-state index contributed by atoms with van der Waals surface area (Å²) in [6.07, 6.45) is 3.68. The molecule has 0 bridgehead atoms. The van der Waals surface area contributed by atoms with Crippen LogP contribution in [0.15, 0.2) is 29.3 Å². The molecule has 0 spiro atoms. The molecule has 5 nitrogen and oxygen atoms in total. The normalized spacial score (nSPS) is 15.3. The summed E-state index contributed by atoms with van der Waals surface area (Å²) in [6.45, 7) is 5.42. The van der Waals surface area contributed by atoms with Crippen LogP contribution in [0.4, 0.5) is 0 Å². The molecule has 0 saturated heterocycles. The Morgan fingerprint density at radius 2 is 2.04 bits per heavy atom. The van der Waals surface area contributed by atoms with Crippen molar-refractivity contribution in [3.8, 4) is 5.75 Å². The van der Waals surface area contributed by atoms with E-state index in [1.807, 2.05) is 32.2 Å². The number of para-hydroxylation sites is 1. The zero-order valence-corrected chi connectivity index (χ0v) is 18.2. The molecule has 1 fully saturated rings. The van der Waals surface area contributed by atoms with E-state index in [1.54, 1.807) is 7.11 Å². The molecule has 1 aromatic rings. The predicted molar refractivity (Wildman–Crippen MR) is 114 cm³/mol. The third-order valence-corrected chi connectivity index (χ3v) is 4.73. The number of hydrogen-bond acceptors (Lipinski definition) is 3. The Kier molecular flexibility index (Phi) is 9.56. The number of ether oxygens (including phenoxy) is 2. The van der Waals surface area contributed by atoms with Gasteiger partial charge in [0, 0.05) is 46.0 Å². The van der Waals surface area contributed by atoms with Gasteiger partial charge in [0.15, 0.2) is 5.96 Å². The molecule has 0 radical (unpaired) electrons. The minimum absolute atomic E-state index is 0. The molecule has 1 aliphatic carbocycles. The summed E-state index contributed by atoms with van der Waals surface area (Å²) in [4.78, 5) is 6.56. The molecule has 0 heterocycles. The number of nitrogens with zero attached hydrogens (tertiary/aromatic N) is 2. The van der Waals surface area contributed by atoms with Gasteiger partial charge in [-0.3, -0.25) is 4.99 Å². The molecule has 2 rings (SSSR count). The molecular formula is C19H32IN3O2.